The van der Waals surface area contributed by atoms with E-state index >= 15 is 0 Å². The zero-order valence-electron chi connectivity index (χ0n) is 20.0. The highest BCUT2D eigenvalue weighted by atomic mass is 32.2. The summed E-state index contributed by atoms with van der Waals surface area (Å²) in [5.74, 6) is -0.0190. The number of anilines is 2. The maximum Gasteiger partial charge on any atom is 0.242 e. The quantitative estimate of drug-likeness (QED) is 0.252. The number of rotatable bonds is 9. The molecular formula is C22H25N9O4S3. The van der Waals surface area contributed by atoms with E-state index in [9.17, 15) is 16.8 Å². The highest BCUT2D eigenvalue weighted by molar-refractivity contribution is 7.92. The van der Waals surface area contributed by atoms with Crippen molar-refractivity contribution in [2.75, 3.05) is 25.1 Å². The van der Waals surface area contributed by atoms with Gasteiger partial charge in [0.15, 0.2) is 17.6 Å². The number of thiazole rings is 1. The number of azo groups is 1. The zero-order chi connectivity index (χ0) is 26.9. The number of nitrogens with one attached hydrogen (secondary N) is 3. The largest absolute Gasteiger partial charge is 0.332 e. The second-order valence-corrected chi connectivity index (χ2v) is 12.6. The number of hydrogen-bond acceptors (Lipinski definition) is 12. The summed E-state index contributed by atoms with van der Waals surface area (Å²) in [6.45, 7) is 1.38. The number of nitrogens with two attached hydrogens (primary N) is 2. The van der Waals surface area contributed by atoms with E-state index in [1.54, 1.807) is 18.2 Å². The third kappa shape index (κ3) is 5.51. The first kappa shape index (κ1) is 26.5. The number of nitrogens with zero attached hydrogens (tertiary/aromatic N) is 4. The molecule has 0 spiro atoms. The molecule has 2 aliphatic heterocycles. The highest BCUT2D eigenvalue weighted by Crippen LogP contribution is 2.36. The van der Waals surface area contributed by atoms with Gasteiger partial charge < -0.3 is 16.4 Å². The minimum atomic E-state index is -4.56. The molecule has 38 heavy (non-hydrogen) atoms. The first-order valence-corrected chi connectivity index (χ1v) is 15.4. The lowest BCUT2D eigenvalue weighted by atomic mass is 9.98. The molecule has 3 heterocycles. The van der Waals surface area contributed by atoms with E-state index in [4.69, 9.17) is 10.9 Å². The van der Waals surface area contributed by atoms with Crippen molar-refractivity contribution >= 4 is 48.0 Å². The molecule has 200 valence electrons. The van der Waals surface area contributed by atoms with Crippen LogP contribution in [0, 0.1) is 0 Å². The number of amidine groups is 1. The van der Waals surface area contributed by atoms with Crippen LogP contribution in [0.15, 0.2) is 66.8 Å². The van der Waals surface area contributed by atoms with Crippen LogP contribution in [0.5, 0.6) is 0 Å². The summed E-state index contributed by atoms with van der Waals surface area (Å²) in [6, 6.07) is 9.51. The third-order valence-electron chi connectivity index (χ3n) is 5.94. The molecule has 0 saturated carbocycles. The lowest BCUT2D eigenvalue weighted by molar-refractivity contribution is 0.555. The van der Waals surface area contributed by atoms with Gasteiger partial charge in [-0.05, 0) is 42.3 Å². The van der Waals surface area contributed by atoms with Crippen LogP contribution in [0.2, 0.25) is 0 Å². The molecule has 7 N–H and O–H groups in total. The number of benzene rings is 2. The van der Waals surface area contributed by atoms with Gasteiger partial charge in [0.25, 0.3) is 0 Å². The SMILES string of the molecule is NCc1csc(Nc2cccc(-c3ccc(S(=O)(=O)N[C@@H]4CCNC4)c(S(N)(=O)=O)c3C3=NCN=N3)c2)n1. The Morgan fingerprint density at radius 3 is 2.66 bits per heavy atom. The van der Waals surface area contributed by atoms with Crippen LogP contribution < -0.4 is 26.2 Å². The Labute approximate surface area is 223 Å². The fraction of sp³-hybridized carbons (Fsp3) is 0.273. The average Bonchev–Trinajstić information content (AvgIpc) is 3.66. The molecule has 0 radical (unpaired) electrons. The van der Waals surface area contributed by atoms with Crippen LogP contribution in [0.3, 0.4) is 0 Å². The maximum atomic E-state index is 13.4. The van der Waals surface area contributed by atoms with Gasteiger partial charge >= 0.3 is 0 Å². The third-order valence-corrected chi connectivity index (χ3v) is 9.43. The summed E-state index contributed by atoms with van der Waals surface area (Å²) >= 11 is 1.39. The second kappa shape index (κ2) is 10.6. The normalized spacial score (nSPS) is 17.6. The van der Waals surface area contributed by atoms with Gasteiger partial charge in [0, 0.05) is 30.2 Å². The molecule has 5 rings (SSSR count). The Morgan fingerprint density at radius 2 is 2.00 bits per heavy atom. The predicted octanol–water partition coefficient (Wildman–Crippen LogP) is 1.47. The molecule has 2 aliphatic rings. The van der Waals surface area contributed by atoms with Gasteiger partial charge in [-0.2, -0.15) is 5.11 Å². The Kier molecular flexibility index (Phi) is 7.36. The fourth-order valence-corrected chi connectivity index (χ4v) is 7.88. The van der Waals surface area contributed by atoms with Crippen molar-refractivity contribution in [2.45, 2.75) is 28.8 Å². The summed E-state index contributed by atoms with van der Waals surface area (Å²) in [5, 5.41) is 22.2. The molecule has 0 bridgehead atoms. The van der Waals surface area contributed by atoms with Crippen molar-refractivity contribution in [1.82, 2.24) is 15.0 Å². The van der Waals surface area contributed by atoms with E-state index in [2.05, 4.69) is 35.6 Å². The van der Waals surface area contributed by atoms with Crippen LogP contribution in [0.25, 0.3) is 11.1 Å². The maximum absolute atomic E-state index is 13.4. The molecule has 3 aromatic rings. The van der Waals surface area contributed by atoms with Gasteiger partial charge in [0.1, 0.15) is 9.79 Å². The summed E-state index contributed by atoms with van der Waals surface area (Å²) in [5.41, 5.74) is 7.99. The lowest BCUT2D eigenvalue weighted by Gasteiger charge is -2.19. The van der Waals surface area contributed by atoms with Crippen molar-refractivity contribution in [3.63, 3.8) is 0 Å². The number of sulfonamides is 2. The minimum Gasteiger partial charge on any atom is -0.332 e. The number of aromatic nitrogens is 1. The van der Waals surface area contributed by atoms with Crippen LogP contribution >= 0.6 is 11.3 Å². The van der Waals surface area contributed by atoms with Gasteiger partial charge in [-0.1, -0.05) is 18.2 Å². The molecule has 16 heteroatoms. The molecule has 0 amide bonds. The standard InChI is InChI=1S/C22H25N9O4S3/c23-9-16-11-36-22(29-16)28-14-3-1-2-13(8-14)17-4-5-18(38(34,35)31-15-6-7-25-10-15)20(37(24,32)33)19(17)21-26-12-27-30-21/h1-5,8,11,15,25,31H,6-7,9-10,12,23H2,(H,28,29)(H2,24,32,33)/t15-/m1/s1. The summed E-state index contributed by atoms with van der Waals surface area (Å²) < 4.78 is 55.2. The van der Waals surface area contributed by atoms with E-state index < -0.39 is 29.8 Å². The van der Waals surface area contributed by atoms with Gasteiger partial charge in [-0.15, -0.1) is 16.5 Å². The molecule has 0 unspecified atom stereocenters. The van der Waals surface area contributed by atoms with Gasteiger partial charge in [0.05, 0.1) is 11.3 Å². The average molecular weight is 576 g/mol. The monoisotopic (exact) mass is 575 g/mol. The fourth-order valence-electron chi connectivity index (χ4n) is 4.26. The topological polar surface area (TPSA) is 206 Å². The van der Waals surface area contributed by atoms with Crippen molar-refractivity contribution in [1.29, 1.82) is 0 Å². The number of primary sulfonamides is 1. The molecule has 1 fully saturated rings. The zero-order valence-corrected chi connectivity index (χ0v) is 22.4. The van der Waals surface area contributed by atoms with Gasteiger partial charge in [-0.3, -0.25) is 0 Å². The van der Waals surface area contributed by atoms with Gasteiger partial charge in [0.2, 0.25) is 20.0 Å². The highest BCUT2D eigenvalue weighted by Gasteiger charge is 2.34. The number of aliphatic imine (C=N–C) groups is 1. The summed E-state index contributed by atoms with van der Waals surface area (Å²) in [4.78, 5) is 7.54. The van der Waals surface area contributed by atoms with E-state index in [1.807, 2.05) is 11.4 Å². The smallest absolute Gasteiger partial charge is 0.242 e. The molecule has 1 saturated heterocycles. The van der Waals surface area contributed by atoms with E-state index in [-0.39, 0.29) is 24.1 Å². The van der Waals surface area contributed by atoms with Crippen molar-refractivity contribution in [3.8, 4) is 11.1 Å². The van der Waals surface area contributed by atoms with E-state index in [0.29, 0.717) is 48.0 Å². The first-order valence-electron chi connectivity index (χ1n) is 11.5. The summed E-state index contributed by atoms with van der Waals surface area (Å²) in [7, 11) is -8.82. The van der Waals surface area contributed by atoms with E-state index in [0.717, 1.165) is 5.69 Å². The van der Waals surface area contributed by atoms with Crippen molar-refractivity contribution in [3.05, 3.63) is 53.0 Å². The molecule has 0 aliphatic carbocycles. The van der Waals surface area contributed by atoms with Crippen LogP contribution in [-0.2, 0) is 26.6 Å². The molecular weight excluding hydrogens is 551 g/mol. The number of hydrogen-bond donors (Lipinski definition) is 5. The molecule has 13 nitrogen and oxygen atoms in total. The lowest BCUT2D eigenvalue weighted by Crippen LogP contribution is -2.37. The Bertz CT molecular complexity index is 1640. The van der Waals surface area contributed by atoms with Crippen LogP contribution in [-0.4, -0.2) is 53.5 Å². The predicted molar refractivity (Wildman–Crippen MR) is 144 cm³/mol. The van der Waals surface area contributed by atoms with Crippen molar-refractivity contribution in [2.24, 2.45) is 26.1 Å². The Hall–Kier alpha value is -3.12. The Balaban J connectivity index is 1.65. The second-order valence-electron chi connectivity index (χ2n) is 8.59. The van der Waals surface area contributed by atoms with Gasteiger partial charge in [-0.25, -0.2) is 36.7 Å². The molecule has 1 atom stereocenters. The van der Waals surface area contributed by atoms with E-state index in [1.165, 1.54) is 23.5 Å². The Morgan fingerprint density at radius 1 is 1.16 bits per heavy atom. The van der Waals surface area contributed by atoms with Crippen LogP contribution in [0.4, 0.5) is 10.8 Å². The molecule has 2 aromatic carbocycles. The van der Waals surface area contributed by atoms with Crippen LogP contribution in [0.1, 0.15) is 17.7 Å². The summed E-state index contributed by atoms with van der Waals surface area (Å²) in [6.07, 6.45) is 0.571. The first-order chi connectivity index (χ1) is 18.2. The minimum absolute atomic E-state index is 0.0169. The van der Waals surface area contributed by atoms with Crippen molar-refractivity contribution < 1.29 is 16.8 Å². The molecule has 1 aromatic heterocycles.